The lowest BCUT2D eigenvalue weighted by Gasteiger charge is -1.78. The summed E-state index contributed by atoms with van der Waals surface area (Å²) in [6.07, 6.45) is 0. The molecule has 1 N–H and O–H groups in total. The highest BCUT2D eigenvalue weighted by Gasteiger charge is 1.98. The number of nitrogens with one attached hydrogen (secondary N) is 1. The van der Waals surface area contributed by atoms with E-state index in [-0.39, 0.29) is 13.5 Å². The molecule has 0 saturated heterocycles. The zero-order chi connectivity index (χ0) is 5.11. The van der Waals surface area contributed by atoms with E-state index in [1.165, 1.54) is 0 Å². The molecule has 0 spiro atoms. The Bertz CT molecular complexity index is 139. The summed E-state index contributed by atoms with van der Waals surface area (Å²) in [6, 6.07) is 0. The van der Waals surface area contributed by atoms with Crippen LogP contribution in [0.5, 0.6) is 0 Å². The lowest BCUT2D eigenvalue weighted by Crippen LogP contribution is -1.99. The van der Waals surface area contributed by atoms with Gasteiger partial charge in [-0.2, -0.15) is 18.6 Å². The molecule has 1 rings (SSSR count). The fraction of sp³-hybridized carbons (Fsp3) is 0.333. The average Bonchev–Trinajstić information content (AvgIpc) is 2.14. The van der Waals surface area contributed by atoms with Crippen molar-refractivity contribution in [3.63, 3.8) is 0 Å². The second-order valence-corrected chi connectivity index (χ2v) is 1.09. The summed E-state index contributed by atoms with van der Waals surface area (Å²) in [6.45, 7) is 0.351. The van der Waals surface area contributed by atoms with Crippen LogP contribution in [0.25, 0.3) is 0 Å². The molecule has 0 unspecified atom stereocenters. The Morgan fingerprint density at radius 2 is 2.50 bits per heavy atom. The van der Waals surface area contributed by atoms with Crippen LogP contribution in [-0.4, -0.2) is 12.5 Å². The van der Waals surface area contributed by atoms with Crippen molar-refractivity contribution in [2.24, 2.45) is 10.3 Å². The monoisotopic (exact) mass is 131 g/mol. The van der Waals surface area contributed by atoms with Crippen LogP contribution in [0.15, 0.2) is 16.0 Å². The predicted molar refractivity (Wildman–Crippen MR) is 32.4 cm³/mol. The summed E-state index contributed by atoms with van der Waals surface area (Å²) in [5.41, 5.74) is 2.76. The standard InChI is InChI=1S/C3H3N3O.H2S/c7-2-3-1-4-6-5-3;/h1H2,(H,4,5);1H2. The molecule has 0 amide bonds. The van der Waals surface area contributed by atoms with Gasteiger partial charge in [-0.1, -0.05) is 5.22 Å². The van der Waals surface area contributed by atoms with Crippen molar-refractivity contribution in [2.75, 3.05) is 6.54 Å². The summed E-state index contributed by atoms with van der Waals surface area (Å²) in [5, 5.41) is 6.76. The zero-order valence-corrected chi connectivity index (χ0v) is 5.01. The Morgan fingerprint density at radius 3 is 2.75 bits per heavy atom. The zero-order valence-electron chi connectivity index (χ0n) is 4.01. The van der Waals surface area contributed by atoms with E-state index < -0.39 is 0 Å². The lowest BCUT2D eigenvalue weighted by atomic mass is 10.5. The first-order valence-corrected chi connectivity index (χ1v) is 1.80. The van der Waals surface area contributed by atoms with Gasteiger partial charge in [-0.3, -0.25) is 5.43 Å². The van der Waals surface area contributed by atoms with E-state index in [2.05, 4.69) is 15.8 Å². The van der Waals surface area contributed by atoms with E-state index in [0.717, 1.165) is 0 Å². The van der Waals surface area contributed by atoms with Crippen molar-refractivity contribution >= 4 is 19.4 Å². The lowest BCUT2D eigenvalue weighted by molar-refractivity contribution is 0.565. The van der Waals surface area contributed by atoms with Crippen LogP contribution in [0.2, 0.25) is 0 Å². The van der Waals surface area contributed by atoms with Crippen LogP contribution in [0.3, 0.4) is 0 Å². The quantitative estimate of drug-likeness (QED) is 0.462. The molecular weight excluding hydrogens is 126 g/mol. The Morgan fingerprint density at radius 1 is 1.75 bits per heavy atom. The minimum absolute atomic E-state index is 0. The van der Waals surface area contributed by atoms with Gasteiger partial charge in [0.2, 0.25) is 0 Å². The van der Waals surface area contributed by atoms with Crippen molar-refractivity contribution in [2.45, 2.75) is 0 Å². The molecule has 4 nitrogen and oxygen atoms in total. The molecule has 1 aliphatic rings. The second-order valence-electron chi connectivity index (χ2n) is 1.09. The highest BCUT2D eigenvalue weighted by Crippen LogP contribution is 1.91. The van der Waals surface area contributed by atoms with Gasteiger partial charge < -0.3 is 0 Å². The molecule has 5 heteroatoms. The second kappa shape index (κ2) is 3.23. The van der Waals surface area contributed by atoms with Gasteiger partial charge in [0, 0.05) is 0 Å². The molecule has 0 aromatic heterocycles. The average molecular weight is 131 g/mol. The topological polar surface area (TPSA) is 53.8 Å². The molecule has 1 heterocycles. The van der Waals surface area contributed by atoms with Crippen LogP contribution in [-0.2, 0) is 4.79 Å². The van der Waals surface area contributed by atoms with Gasteiger partial charge >= 0.3 is 0 Å². The van der Waals surface area contributed by atoms with Gasteiger partial charge in [-0.05, 0) is 0 Å². The van der Waals surface area contributed by atoms with E-state index in [0.29, 0.717) is 12.2 Å². The Balaban J connectivity index is 0.000000490. The Hall–Kier alpha value is -0.800. The van der Waals surface area contributed by atoms with E-state index in [9.17, 15) is 4.79 Å². The molecule has 0 aliphatic carbocycles. The molecular formula is C3H5N3OS. The molecule has 0 saturated carbocycles. The first-order valence-electron chi connectivity index (χ1n) is 1.80. The summed E-state index contributed by atoms with van der Waals surface area (Å²) in [4.78, 5) is 9.66. The molecule has 0 aromatic rings. The number of hydrogen-bond acceptors (Lipinski definition) is 4. The maximum absolute atomic E-state index is 9.66. The smallest absolute Gasteiger partial charge is 0.149 e. The highest BCUT2D eigenvalue weighted by atomic mass is 32.1. The highest BCUT2D eigenvalue weighted by molar-refractivity contribution is 7.59. The minimum atomic E-state index is 0. The number of nitrogens with zero attached hydrogens (tertiary/aromatic N) is 2. The van der Waals surface area contributed by atoms with E-state index in [1.54, 1.807) is 5.94 Å². The molecule has 8 heavy (non-hydrogen) atoms. The number of hydrogen-bond donors (Lipinski definition) is 1. The van der Waals surface area contributed by atoms with Crippen LogP contribution in [0, 0.1) is 0 Å². The van der Waals surface area contributed by atoms with E-state index in [4.69, 9.17) is 0 Å². The van der Waals surface area contributed by atoms with Gasteiger partial charge in [0.25, 0.3) is 0 Å². The summed E-state index contributed by atoms with van der Waals surface area (Å²) in [5.74, 6) is 1.63. The van der Waals surface area contributed by atoms with Gasteiger partial charge in [0.05, 0.1) is 0 Å². The molecule has 0 fully saturated rings. The summed E-state index contributed by atoms with van der Waals surface area (Å²) < 4.78 is 0. The van der Waals surface area contributed by atoms with Crippen LogP contribution in [0.1, 0.15) is 0 Å². The fourth-order valence-electron chi connectivity index (χ4n) is 0.292. The molecule has 1 aliphatic heterocycles. The summed E-state index contributed by atoms with van der Waals surface area (Å²) in [7, 11) is 0. The predicted octanol–water partition coefficient (Wildman–Crippen LogP) is -0.215. The molecule has 0 aromatic carbocycles. The molecule has 0 bridgehead atoms. The third-order valence-corrected chi connectivity index (χ3v) is 0.608. The van der Waals surface area contributed by atoms with Gasteiger partial charge in [-0.25, -0.2) is 4.79 Å². The van der Waals surface area contributed by atoms with Gasteiger partial charge in [0.1, 0.15) is 18.2 Å². The minimum Gasteiger partial charge on any atom is -0.251 e. The van der Waals surface area contributed by atoms with E-state index >= 15 is 0 Å². The number of rotatable bonds is 0. The third-order valence-electron chi connectivity index (χ3n) is 0.608. The van der Waals surface area contributed by atoms with Crippen molar-refractivity contribution in [3.8, 4) is 0 Å². The Kier molecular flexibility index (Phi) is 2.91. The van der Waals surface area contributed by atoms with Crippen molar-refractivity contribution in [1.82, 2.24) is 5.43 Å². The van der Waals surface area contributed by atoms with E-state index in [1.807, 2.05) is 0 Å². The molecule has 44 valence electrons. The van der Waals surface area contributed by atoms with Crippen LogP contribution >= 0.6 is 13.5 Å². The number of carbonyl (C=O) groups excluding carboxylic acids is 1. The first kappa shape index (κ1) is 7.20. The van der Waals surface area contributed by atoms with Crippen molar-refractivity contribution in [3.05, 3.63) is 5.70 Å². The van der Waals surface area contributed by atoms with Crippen LogP contribution in [0.4, 0.5) is 0 Å². The maximum atomic E-state index is 9.66. The SMILES string of the molecule is O=C=C1CN=NN1.S. The Labute approximate surface area is 53.1 Å². The molecule has 0 atom stereocenters. The van der Waals surface area contributed by atoms with Crippen molar-refractivity contribution in [1.29, 1.82) is 0 Å². The normalized spacial score (nSPS) is 14.2. The largest absolute Gasteiger partial charge is 0.251 e. The van der Waals surface area contributed by atoms with Gasteiger partial charge in [-0.15, -0.1) is 0 Å². The van der Waals surface area contributed by atoms with Crippen LogP contribution < -0.4 is 5.43 Å². The third kappa shape index (κ3) is 1.36. The van der Waals surface area contributed by atoms with Gasteiger partial charge in [0.15, 0.2) is 0 Å². The van der Waals surface area contributed by atoms with Crippen molar-refractivity contribution < 1.29 is 4.79 Å². The fourth-order valence-corrected chi connectivity index (χ4v) is 0.292. The maximum Gasteiger partial charge on any atom is 0.149 e. The molecule has 0 radical (unpaired) electrons. The first-order chi connectivity index (χ1) is 3.43. The summed E-state index contributed by atoms with van der Waals surface area (Å²) >= 11 is 0.